The molecule has 3 nitrogen and oxygen atoms in total. The van der Waals surface area contributed by atoms with Gasteiger partial charge in [-0.05, 0) is 25.7 Å². The van der Waals surface area contributed by atoms with Crippen molar-refractivity contribution in [3.63, 3.8) is 0 Å². The first-order valence-electron chi connectivity index (χ1n) is 20.9. The van der Waals surface area contributed by atoms with E-state index < -0.39 is 0 Å². The fourth-order valence-corrected chi connectivity index (χ4v) is 7.18. The predicted octanol–water partition coefficient (Wildman–Crippen LogP) is 14.5. The lowest BCUT2D eigenvalue weighted by molar-refractivity contribution is -0.708. The Morgan fingerprint density at radius 2 is 0.800 bits per heavy atom. The standard InChI is InChI=1S/C42H81N2O/c1-4-7-10-13-16-19-21-22-23-24-26-29-32-35-39-44(42(45)37-34-31-28-18-15-12-9-6-3)40-38-43-41(44)36-33-30-27-25-20-17-14-11-8-5-2/h38,40H,4-37,39H2,1-3H3/q+1. The van der Waals surface area contributed by atoms with E-state index in [1.165, 1.54) is 193 Å². The molecule has 0 saturated heterocycles. The second-order valence-corrected chi connectivity index (χ2v) is 14.6. The van der Waals surface area contributed by atoms with E-state index in [4.69, 9.17) is 4.99 Å². The van der Waals surface area contributed by atoms with Crippen LogP contribution in [0.5, 0.6) is 0 Å². The molecule has 1 unspecified atom stereocenters. The number of unbranched alkanes of at least 4 members (excludes halogenated alkanes) is 29. The molecule has 45 heavy (non-hydrogen) atoms. The summed E-state index contributed by atoms with van der Waals surface area (Å²) in [6, 6.07) is 0. The van der Waals surface area contributed by atoms with Gasteiger partial charge in [0, 0.05) is 6.42 Å². The number of hydrogen-bond acceptors (Lipinski definition) is 2. The summed E-state index contributed by atoms with van der Waals surface area (Å²) in [5, 5.41) is 0. The maximum Gasteiger partial charge on any atom is 0.324 e. The topological polar surface area (TPSA) is 29.4 Å². The van der Waals surface area contributed by atoms with Gasteiger partial charge in [0.15, 0.2) is 0 Å². The van der Waals surface area contributed by atoms with Gasteiger partial charge < -0.3 is 0 Å². The van der Waals surface area contributed by atoms with Crippen LogP contribution in [-0.4, -0.2) is 22.8 Å². The van der Waals surface area contributed by atoms with E-state index in [2.05, 4.69) is 27.0 Å². The first-order chi connectivity index (χ1) is 22.2. The van der Waals surface area contributed by atoms with E-state index in [1.54, 1.807) is 0 Å². The van der Waals surface area contributed by atoms with Gasteiger partial charge in [0.05, 0.1) is 19.2 Å². The molecular formula is C42H81N2O+. The van der Waals surface area contributed by atoms with Gasteiger partial charge in [-0.25, -0.2) is 9.79 Å². The minimum absolute atomic E-state index is 0.412. The second kappa shape index (κ2) is 31.6. The molecule has 0 radical (unpaired) electrons. The van der Waals surface area contributed by atoms with Crippen LogP contribution in [0.2, 0.25) is 0 Å². The van der Waals surface area contributed by atoms with Crippen LogP contribution in [-0.2, 0) is 4.79 Å². The van der Waals surface area contributed by atoms with Crippen molar-refractivity contribution >= 4 is 11.7 Å². The van der Waals surface area contributed by atoms with E-state index >= 15 is 0 Å². The third-order valence-electron chi connectivity index (χ3n) is 10.3. The Bertz CT molecular complexity index is 713. The van der Waals surface area contributed by atoms with Crippen molar-refractivity contribution in [2.24, 2.45) is 4.99 Å². The molecule has 1 heterocycles. The minimum Gasteiger partial charge on any atom is -0.230 e. The van der Waals surface area contributed by atoms with E-state index in [-0.39, 0.29) is 0 Å². The minimum atomic E-state index is 0.412. The van der Waals surface area contributed by atoms with Crippen LogP contribution in [0.15, 0.2) is 17.4 Å². The highest BCUT2D eigenvalue weighted by molar-refractivity contribution is 5.90. The van der Waals surface area contributed by atoms with Crippen LogP contribution in [0, 0.1) is 0 Å². The van der Waals surface area contributed by atoms with Gasteiger partial charge in [-0.1, -0.05) is 201 Å². The molecule has 0 N–H and O–H groups in total. The molecule has 1 amide bonds. The molecule has 0 saturated carbocycles. The Hall–Kier alpha value is -0.960. The molecule has 3 heteroatoms. The summed E-state index contributed by atoms with van der Waals surface area (Å²) in [5.74, 6) is 1.56. The summed E-state index contributed by atoms with van der Waals surface area (Å²) in [7, 11) is 0. The third kappa shape index (κ3) is 22.3. The van der Waals surface area contributed by atoms with Gasteiger partial charge in [-0.15, -0.1) is 0 Å². The normalized spacial score (nSPS) is 16.1. The Labute approximate surface area is 283 Å². The highest BCUT2D eigenvalue weighted by Gasteiger charge is 2.41. The molecule has 1 rings (SSSR count). The van der Waals surface area contributed by atoms with E-state index in [0.29, 0.717) is 10.4 Å². The van der Waals surface area contributed by atoms with Gasteiger partial charge in [-0.2, -0.15) is 4.48 Å². The number of carbonyl (C=O) groups excluding carboxylic acids is 1. The molecule has 264 valence electrons. The number of nitrogens with zero attached hydrogens (tertiary/aromatic N) is 2. The maximum atomic E-state index is 13.8. The average Bonchev–Trinajstić information content (AvgIpc) is 3.46. The molecule has 1 atom stereocenters. The Kier molecular flexibility index (Phi) is 29.6. The monoisotopic (exact) mass is 630 g/mol. The summed E-state index contributed by atoms with van der Waals surface area (Å²) < 4.78 is 0.451. The lowest BCUT2D eigenvalue weighted by Gasteiger charge is -2.30. The Balaban J connectivity index is 2.38. The van der Waals surface area contributed by atoms with Gasteiger partial charge in [0.2, 0.25) is 5.84 Å². The van der Waals surface area contributed by atoms with E-state index in [1.807, 2.05) is 6.20 Å². The van der Waals surface area contributed by atoms with Crippen molar-refractivity contribution in [1.29, 1.82) is 0 Å². The van der Waals surface area contributed by atoms with Crippen molar-refractivity contribution in [2.45, 2.75) is 239 Å². The van der Waals surface area contributed by atoms with E-state index in [9.17, 15) is 4.79 Å². The molecular weight excluding hydrogens is 548 g/mol. The number of carbonyl (C=O) groups is 1. The molecule has 0 fully saturated rings. The number of hydrogen-bond donors (Lipinski definition) is 0. The van der Waals surface area contributed by atoms with Crippen molar-refractivity contribution in [2.75, 3.05) is 6.54 Å². The highest BCUT2D eigenvalue weighted by atomic mass is 16.2. The smallest absolute Gasteiger partial charge is 0.230 e. The molecule has 0 aliphatic carbocycles. The van der Waals surface area contributed by atoms with Crippen molar-refractivity contribution in [3.05, 3.63) is 12.4 Å². The van der Waals surface area contributed by atoms with Crippen molar-refractivity contribution in [1.82, 2.24) is 0 Å². The first-order valence-corrected chi connectivity index (χ1v) is 20.9. The summed E-state index contributed by atoms with van der Waals surface area (Å²) in [4.78, 5) is 18.7. The number of amides is 1. The zero-order valence-corrected chi connectivity index (χ0v) is 31.2. The Morgan fingerprint density at radius 3 is 1.20 bits per heavy atom. The van der Waals surface area contributed by atoms with Crippen LogP contribution in [0.25, 0.3) is 0 Å². The molecule has 0 aromatic rings. The van der Waals surface area contributed by atoms with Gasteiger partial charge in [0.1, 0.15) is 6.20 Å². The van der Waals surface area contributed by atoms with Crippen LogP contribution in [0.3, 0.4) is 0 Å². The van der Waals surface area contributed by atoms with Crippen molar-refractivity contribution in [3.8, 4) is 0 Å². The summed E-state index contributed by atoms with van der Waals surface area (Å²) in [5.41, 5.74) is 0. The van der Waals surface area contributed by atoms with Gasteiger partial charge >= 0.3 is 5.91 Å². The lowest BCUT2D eigenvalue weighted by atomic mass is 10.0. The second-order valence-electron chi connectivity index (χ2n) is 14.6. The van der Waals surface area contributed by atoms with E-state index in [0.717, 1.165) is 38.1 Å². The number of aliphatic imine (C=N–C) groups is 1. The quantitative estimate of drug-likeness (QED) is 0.0506. The zero-order valence-electron chi connectivity index (χ0n) is 31.2. The number of amidine groups is 1. The number of rotatable bonds is 35. The maximum absolute atomic E-state index is 13.8. The summed E-state index contributed by atoms with van der Waals surface area (Å²) >= 11 is 0. The highest BCUT2D eigenvalue weighted by Crippen LogP contribution is 2.26. The largest absolute Gasteiger partial charge is 0.324 e. The SMILES string of the molecule is CCCCCCCCCCCCCCCC[N+]1(C(=O)CCCCCCCCCC)C=CN=C1CCCCCCCCCCCC. The molecule has 0 spiro atoms. The first kappa shape index (κ1) is 42.1. The molecule has 1 aliphatic heterocycles. The van der Waals surface area contributed by atoms with Gasteiger partial charge in [0.25, 0.3) is 0 Å². The fraction of sp³-hybridized carbons (Fsp3) is 0.905. The Morgan fingerprint density at radius 1 is 0.467 bits per heavy atom. The van der Waals surface area contributed by atoms with Crippen LogP contribution in [0.4, 0.5) is 0 Å². The fourth-order valence-electron chi connectivity index (χ4n) is 7.18. The molecule has 1 aliphatic rings. The van der Waals surface area contributed by atoms with Crippen LogP contribution < -0.4 is 0 Å². The van der Waals surface area contributed by atoms with Crippen molar-refractivity contribution < 1.29 is 9.28 Å². The molecule has 0 bridgehead atoms. The third-order valence-corrected chi connectivity index (χ3v) is 10.3. The molecule has 0 aromatic carbocycles. The van der Waals surface area contributed by atoms with Crippen LogP contribution in [0.1, 0.15) is 239 Å². The summed E-state index contributed by atoms with van der Waals surface area (Å²) in [6.45, 7) is 7.80. The zero-order chi connectivity index (χ0) is 32.5. The lowest BCUT2D eigenvalue weighted by Crippen LogP contribution is -2.52. The summed E-state index contributed by atoms with van der Waals surface area (Å²) in [6.07, 6.45) is 48.8. The number of quaternary nitrogens is 1. The van der Waals surface area contributed by atoms with Crippen LogP contribution >= 0.6 is 0 Å². The molecule has 0 aromatic heterocycles. The predicted molar refractivity (Wildman–Crippen MR) is 201 cm³/mol. The average molecular weight is 630 g/mol. The van der Waals surface area contributed by atoms with Gasteiger partial charge in [-0.3, -0.25) is 0 Å².